The van der Waals surface area contributed by atoms with Crippen molar-refractivity contribution in [3.05, 3.63) is 34.2 Å². The number of fused-ring (bicyclic) bond motifs is 1. The largest absolute Gasteiger partial charge is 0.418 e. The van der Waals surface area contributed by atoms with E-state index in [1.165, 1.54) is 16.7 Å². The maximum absolute atomic E-state index is 13.1. The molecule has 0 spiro atoms. The lowest BCUT2D eigenvalue weighted by Crippen LogP contribution is -2.39. The predicted molar refractivity (Wildman–Crippen MR) is 74.8 cm³/mol. The van der Waals surface area contributed by atoms with Crippen LogP contribution in [0.2, 0.25) is 0 Å². The monoisotopic (exact) mass is 315 g/mol. The lowest BCUT2D eigenvalue weighted by Gasteiger charge is -2.26. The molecular weight excluding hydrogens is 299 g/mol. The van der Waals surface area contributed by atoms with Crippen LogP contribution in [0.5, 0.6) is 0 Å². The number of nitrogens with one attached hydrogen (secondary N) is 1. The molecule has 8 heteroatoms. The van der Waals surface area contributed by atoms with Gasteiger partial charge in [-0.3, -0.25) is 9.47 Å². The van der Waals surface area contributed by atoms with Crippen molar-refractivity contribution in [2.75, 3.05) is 32.8 Å². The van der Waals surface area contributed by atoms with Crippen molar-refractivity contribution in [2.24, 2.45) is 0 Å². The van der Waals surface area contributed by atoms with Crippen LogP contribution < -0.4 is 5.69 Å². The van der Waals surface area contributed by atoms with Crippen molar-refractivity contribution < 1.29 is 17.9 Å². The Hall–Kier alpha value is -1.80. The van der Waals surface area contributed by atoms with Gasteiger partial charge in [0.15, 0.2) is 0 Å². The van der Waals surface area contributed by atoms with Crippen molar-refractivity contribution in [3.63, 3.8) is 0 Å². The van der Waals surface area contributed by atoms with Crippen LogP contribution in [0.4, 0.5) is 13.2 Å². The van der Waals surface area contributed by atoms with Gasteiger partial charge in [0.1, 0.15) is 0 Å². The van der Waals surface area contributed by atoms with E-state index in [1.807, 2.05) is 0 Å². The van der Waals surface area contributed by atoms with Crippen LogP contribution in [0.1, 0.15) is 5.56 Å². The molecule has 1 aromatic heterocycles. The summed E-state index contributed by atoms with van der Waals surface area (Å²) in [5, 5.41) is 0. The van der Waals surface area contributed by atoms with E-state index < -0.39 is 17.4 Å². The molecule has 0 atom stereocenters. The van der Waals surface area contributed by atoms with Gasteiger partial charge in [0.2, 0.25) is 0 Å². The zero-order chi connectivity index (χ0) is 15.7. The normalized spacial score (nSPS) is 17.2. The van der Waals surface area contributed by atoms with E-state index in [9.17, 15) is 18.0 Å². The van der Waals surface area contributed by atoms with Crippen LogP contribution in [0.15, 0.2) is 23.0 Å². The Morgan fingerprint density at radius 3 is 2.59 bits per heavy atom. The first-order chi connectivity index (χ1) is 10.5. The minimum Gasteiger partial charge on any atom is -0.379 e. The fourth-order valence-electron chi connectivity index (χ4n) is 2.73. The van der Waals surface area contributed by atoms with E-state index in [1.54, 1.807) is 0 Å². The minimum absolute atomic E-state index is 0.0757. The molecule has 1 aliphatic rings. The molecule has 0 saturated carbocycles. The van der Waals surface area contributed by atoms with Gasteiger partial charge in [-0.25, -0.2) is 4.79 Å². The molecule has 2 heterocycles. The predicted octanol–water partition coefficient (Wildman–Crippen LogP) is 1.68. The highest BCUT2D eigenvalue weighted by Gasteiger charge is 2.34. The Kier molecular flexibility index (Phi) is 3.96. The maximum atomic E-state index is 13.1. The summed E-state index contributed by atoms with van der Waals surface area (Å²) in [7, 11) is 0. The summed E-state index contributed by atoms with van der Waals surface area (Å²) in [6.07, 6.45) is -4.49. The number of hydrogen-bond acceptors (Lipinski definition) is 3. The van der Waals surface area contributed by atoms with Crippen LogP contribution in [-0.4, -0.2) is 47.3 Å². The first-order valence-electron chi connectivity index (χ1n) is 7.05. The Morgan fingerprint density at radius 1 is 1.18 bits per heavy atom. The topological polar surface area (TPSA) is 50.3 Å². The fourth-order valence-corrected chi connectivity index (χ4v) is 2.73. The average molecular weight is 315 g/mol. The highest BCUT2D eigenvalue weighted by molar-refractivity contribution is 5.79. The van der Waals surface area contributed by atoms with Crippen LogP contribution in [0, 0.1) is 0 Å². The fraction of sp³-hybridized carbons (Fsp3) is 0.500. The number of hydrogen-bond donors (Lipinski definition) is 1. The molecule has 1 N–H and O–H groups in total. The van der Waals surface area contributed by atoms with Gasteiger partial charge < -0.3 is 9.72 Å². The lowest BCUT2D eigenvalue weighted by atomic mass is 10.1. The quantitative estimate of drug-likeness (QED) is 0.937. The van der Waals surface area contributed by atoms with E-state index in [0.717, 1.165) is 19.2 Å². The van der Waals surface area contributed by atoms with Crippen molar-refractivity contribution >= 4 is 11.0 Å². The molecule has 1 aromatic carbocycles. The zero-order valence-electron chi connectivity index (χ0n) is 11.8. The van der Waals surface area contributed by atoms with Gasteiger partial charge in [0.25, 0.3) is 0 Å². The number of aromatic amines is 1. The molecule has 3 rings (SSSR count). The number of benzene rings is 1. The summed E-state index contributed by atoms with van der Waals surface area (Å²) >= 11 is 0. The van der Waals surface area contributed by atoms with Crippen molar-refractivity contribution in [3.8, 4) is 0 Å². The number of H-pyrrole nitrogens is 1. The number of imidazole rings is 1. The summed E-state index contributed by atoms with van der Waals surface area (Å²) in [6, 6.07) is 3.78. The molecule has 2 aromatic rings. The Bertz CT molecular complexity index is 714. The SMILES string of the molecule is O=c1[nH]c2cccc(C(F)(F)F)c2n1CCN1CCOCC1. The third-order valence-corrected chi connectivity index (χ3v) is 3.84. The van der Waals surface area contributed by atoms with Crippen LogP contribution in [-0.2, 0) is 17.5 Å². The zero-order valence-corrected chi connectivity index (χ0v) is 11.8. The van der Waals surface area contributed by atoms with Gasteiger partial charge in [0, 0.05) is 26.2 Å². The van der Waals surface area contributed by atoms with E-state index >= 15 is 0 Å². The van der Waals surface area contributed by atoms with Crippen LogP contribution in [0.3, 0.4) is 0 Å². The van der Waals surface area contributed by atoms with Crippen molar-refractivity contribution in [1.82, 2.24) is 14.5 Å². The third kappa shape index (κ3) is 2.89. The molecule has 0 amide bonds. The molecule has 5 nitrogen and oxygen atoms in total. The Labute approximate surface area is 124 Å². The first kappa shape index (κ1) is 15.1. The van der Waals surface area contributed by atoms with E-state index in [2.05, 4.69) is 9.88 Å². The lowest BCUT2D eigenvalue weighted by molar-refractivity contribution is -0.136. The number of rotatable bonds is 3. The number of para-hydroxylation sites is 1. The average Bonchev–Trinajstić information content (AvgIpc) is 2.80. The summed E-state index contributed by atoms with van der Waals surface area (Å²) in [6.45, 7) is 3.40. The number of halogens is 3. The van der Waals surface area contributed by atoms with Gasteiger partial charge in [-0.15, -0.1) is 0 Å². The molecule has 0 unspecified atom stereocenters. The molecular formula is C14H16F3N3O2. The highest BCUT2D eigenvalue weighted by Crippen LogP contribution is 2.33. The second-order valence-corrected chi connectivity index (χ2v) is 5.24. The molecule has 1 aliphatic heterocycles. The van der Waals surface area contributed by atoms with Crippen molar-refractivity contribution in [1.29, 1.82) is 0 Å². The summed E-state index contributed by atoms with van der Waals surface area (Å²) in [5.41, 5.74) is -1.17. The molecule has 0 radical (unpaired) electrons. The van der Waals surface area contributed by atoms with Gasteiger partial charge in [-0.1, -0.05) is 6.07 Å². The standard InChI is InChI=1S/C14H16F3N3O2/c15-14(16,17)10-2-1-3-11-12(10)20(13(21)18-11)5-4-19-6-8-22-9-7-19/h1-3H,4-9H2,(H,18,21). The summed E-state index contributed by atoms with van der Waals surface area (Å²) < 4.78 is 45.8. The second kappa shape index (κ2) is 5.77. The van der Waals surface area contributed by atoms with Crippen molar-refractivity contribution in [2.45, 2.75) is 12.7 Å². The third-order valence-electron chi connectivity index (χ3n) is 3.84. The van der Waals surface area contributed by atoms with Crippen LogP contribution >= 0.6 is 0 Å². The molecule has 0 bridgehead atoms. The van der Waals surface area contributed by atoms with E-state index in [4.69, 9.17) is 4.74 Å². The Balaban J connectivity index is 1.94. The number of alkyl halides is 3. The number of aromatic nitrogens is 2. The molecule has 1 saturated heterocycles. The van der Waals surface area contributed by atoms with E-state index in [-0.39, 0.29) is 17.6 Å². The summed E-state index contributed by atoms with van der Waals surface area (Å²) in [5.74, 6) is 0. The highest BCUT2D eigenvalue weighted by atomic mass is 19.4. The van der Waals surface area contributed by atoms with Gasteiger partial charge in [-0.2, -0.15) is 13.2 Å². The number of ether oxygens (including phenoxy) is 1. The van der Waals surface area contributed by atoms with Gasteiger partial charge in [0.05, 0.1) is 29.8 Å². The van der Waals surface area contributed by atoms with E-state index in [0.29, 0.717) is 19.8 Å². The molecule has 1 fully saturated rings. The first-order valence-corrected chi connectivity index (χ1v) is 7.05. The molecule has 22 heavy (non-hydrogen) atoms. The van der Waals surface area contributed by atoms with Gasteiger partial charge >= 0.3 is 11.9 Å². The summed E-state index contributed by atoms with van der Waals surface area (Å²) in [4.78, 5) is 16.6. The number of morpholine rings is 1. The maximum Gasteiger partial charge on any atom is 0.418 e. The molecule has 0 aliphatic carbocycles. The second-order valence-electron chi connectivity index (χ2n) is 5.24. The minimum atomic E-state index is -4.49. The smallest absolute Gasteiger partial charge is 0.379 e. The molecule has 120 valence electrons. The van der Waals surface area contributed by atoms with Gasteiger partial charge in [-0.05, 0) is 12.1 Å². The van der Waals surface area contributed by atoms with Crippen LogP contribution in [0.25, 0.3) is 11.0 Å². The number of nitrogens with zero attached hydrogens (tertiary/aromatic N) is 2. The Morgan fingerprint density at radius 2 is 1.91 bits per heavy atom.